The molecule has 0 unspecified atom stereocenters. The van der Waals surface area contributed by atoms with Crippen molar-refractivity contribution in [3.05, 3.63) is 81.0 Å². The fourth-order valence-electron chi connectivity index (χ4n) is 2.12. The molecule has 114 valence electrons. The summed E-state index contributed by atoms with van der Waals surface area (Å²) in [4.78, 5) is 16.6. The summed E-state index contributed by atoms with van der Waals surface area (Å²) in [6.07, 6.45) is 1.74. The Kier molecular flexibility index (Phi) is 4.93. The molecular formula is C18H12ClIN2O. The van der Waals surface area contributed by atoms with Crippen molar-refractivity contribution in [1.82, 2.24) is 4.98 Å². The highest BCUT2D eigenvalue weighted by molar-refractivity contribution is 14.1. The zero-order chi connectivity index (χ0) is 16.2. The topological polar surface area (TPSA) is 42.0 Å². The molecule has 1 N–H and O–H groups in total. The van der Waals surface area contributed by atoms with Gasteiger partial charge in [0, 0.05) is 20.4 Å². The molecule has 1 heterocycles. The van der Waals surface area contributed by atoms with Gasteiger partial charge in [-0.3, -0.25) is 4.79 Å². The number of hydrogen-bond acceptors (Lipinski definition) is 2. The Labute approximate surface area is 152 Å². The maximum atomic E-state index is 12.3. The molecule has 0 atom stereocenters. The van der Waals surface area contributed by atoms with Crippen LogP contribution in [0.25, 0.3) is 11.1 Å². The average Bonchev–Trinajstić information content (AvgIpc) is 2.58. The van der Waals surface area contributed by atoms with Gasteiger partial charge < -0.3 is 5.32 Å². The molecule has 3 aromatic rings. The Hall–Kier alpha value is -1.92. The quantitative estimate of drug-likeness (QED) is 0.572. The maximum Gasteiger partial charge on any atom is 0.257 e. The molecule has 0 aliphatic heterocycles. The molecule has 2 aromatic carbocycles. The highest BCUT2D eigenvalue weighted by Gasteiger charge is 2.11. The summed E-state index contributed by atoms with van der Waals surface area (Å²) < 4.78 is 0.838. The lowest BCUT2D eigenvalue weighted by atomic mass is 10.1. The zero-order valence-electron chi connectivity index (χ0n) is 12.0. The van der Waals surface area contributed by atoms with Crippen molar-refractivity contribution >= 4 is 45.9 Å². The normalized spacial score (nSPS) is 10.3. The lowest BCUT2D eigenvalue weighted by Crippen LogP contribution is -2.14. The number of aromatic nitrogens is 1. The Morgan fingerprint density at radius 2 is 1.78 bits per heavy atom. The summed E-state index contributed by atoms with van der Waals surface area (Å²) in [5.74, 6) is 0.280. The van der Waals surface area contributed by atoms with Gasteiger partial charge in [0.25, 0.3) is 5.91 Å². The second-order valence-electron chi connectivity index (χ2n) is 4.88. The average molecular weight is 435 g/mol. The fraction of sp³-hybridized carbons (Fsp3) is 0. The van der Waals surface area contributed by atoms with Gasteiger partial charge >= 0.3 is 0 Å². The fourth-order valence-corrected chi connectivity index (χ4v) is 2.88. The van der Waals surface area contributed by atoms with Gasteiger partial charge in [0.2, 0.25) is 0 Å². The lowest BCUT2D eigenvalue weighted by Gasteiger charge is -2.08. The van der Waals surface area contributed by atoms with Crippen LogP contribution in [0, 0.1) is 3.57 Å². The predicted octanol–water partition coefficient (Wildman–Crippen LogP) is 5.26. The van der Waals surface area contributed by atoms with Crippen LogP contribution in [0.5, 0.6) is 0 Å². The van der Waals surface area contributed by atoms with Crippen LogP contribution in [0.3, 0.4) is 0 Å². The lowest BCUT2D eigenvalue weighted by molar-refractivity contribution is 0.102. The molecule has 0 bridgehead atoms. The van der Waals surface area contributed by atoms with Crippen LogP contribution >= 0.6 is 34.2 Å². The van der Waals surface area contributed by atoms with Gasteiger partial charge in [-0.25, -0.2) is 4.98 Å². The van der Waals surface area contributed by atoms with E-state index in [1.807, 2.05) is 42.5 Å². The second kappa shape index (κ2) is 7.10. The highest BCUT2D eigenvalue weighted by Crippen LogP contribution is 2.21. The first kappa shape index (κ1) is 16.0. The number of carbonyl (C=O) groups is 1. The Balaban J connectivity index is 1.78. The number of benzene rings is 2. The summed E-state index contributed by atoms with van der Waals surface area (Å²) in [5.41, 5.74) is 2.62. The predicted molar refractivity (Wildman–Crippen MR) is 102 cm³/mol. The Morgan fingerprint density at radius 3 is 2.48 bits per heavy atom. The molecular weight excluding hydrogens is 423 g/mol. The van der Waals surface area contributed by atoms with Crippen LogP contribution in [-0.4, -0.2) is 10.9 Å². The number of nitrogens with one attached hydrogen (secondary N) is 1. The number of nitrogens with zero attached hydrogens (tertiary/aromatic N) is 1. The molecule has 0 fully saturated rings. The van der Waals surface area contributed by atoms with Crippen molar-refractivity contribution in [2.45, 2.75) is 0 Å². The van der Waals surface area contributed by atoms with E-state index in [-0.39, 0.29) is 5.91 Å². The number of pyridine rings is 1. The largest absolute Gasteiger partial charge is 0.307 e. The van der Waals surface area contributed by atoms with Crippen LogP contribution in [0.15, 0.2) is 66.9 Å². The van der Waals surface area contributed by atoms with E-state index in [4.69, 9.17) is 11.6 Å². The van der Waals surface area contributed by atoms with Gasteiger partial charge in [0.15, 0.2) is 0 Å². The van der Waals surface area contributed by atoms with E-state index in [9.17, 15) is 4.79 Å². The minimum atomic E-state index is -0.225. The minimum Gasteiger partial charge on any atom is -0.307 e. The van der Waals surface area contributed by atoms with E-state index in [2.05, 4.69) is 32.9 Å². The summed E-state index contributed by atoms with van der Waals surface area (Å²) >= 11 is 8.06. The second-order valence-corrected chi connectivity index (χ2v) is 6.48. The number of anilines is 1. The monoisotopic (exact) mass is 434 g/mol. The molecule has 0 spiro atoms. The van der Waals surface area contributed by atoms with Crippen LogP contribution in [-0.2, 0) is 0 Å². The minimum absolute atomic E-state index is 0.225. The summed E-state index contributed by atoms with van der Waals surface area (Å²) in [7, 11) is 0. The summed E-state index contributed by atoms with van der Waals surface area (Å²) in [6.45, 7) is 0. The van der Waals surface area contributed by atoms with Gasteiger partial charge in [-0.2, -0.15) is 0 Å². The van der Waals surface area contributed by atoms with Crippen LogP contribution in [0.4, 0.5) is 5.82 Å². The molecule has 3 rings (SSSR count). The molecule has 0 radical (unpaired) electrons. The summed E-state index contributed by atoms with van der Waals surface area (Å²) in [6, 6.07) is 18.9. The van der Waals surface area contributed by atoms with Crippen LogP contribution in [0.1, 0.15) is 10.4 Å². The first-order valence-corrected chi connectivity index (χ1v) is 8.37. The molecule has 0 saturated carbocycles. The number of amides is 1. The van der Waals surface area contributed by atoms with E-state index >= 15 is 0 Å². The number of hydrogen-bond donors (Lipinski definition) is 1. The number of rotatable bonds is 3. The van der Waals surface area contributed by atoms with Gasteiger partial charge in [-0.15, -0.1) is 0 Å². The van der Waals surface area contributed by atoms with E-state index in [1.165, 1.54) is 0 Å². The van der Waals surface area contributed by atoms with E-state index < -0.39 is 0 Å². The van der Waals surface area contributed by atoms with Crippen LogP contribution in [0.2, 0.25) is 5.02 Å². The van der Waals surface area contributed by atoms with Gasteiger partial charge in [0.05, 0.1) is 5.56 Å². The van der Waals surface area contributed by atoms with E-state index in [0.29, 0.717) is 16.4 Å². The van der Waals surface area contributed by atoms with Crippen molar-refractivity contribution in [3.8, 4) is 11.1 Å². The van der Waals surface area contributed by atoms with Crippen molar-refractivity contribution in [1.29, 1.82) is 0 Å². The molecule has 1 aromatic heterocycles. The first-order valence-electron chi connectivity index (χ1n) is 6.91. The Morgan fingerprint density at radius 1 is 1.00 bits per heavy atom. The molecule has 0 saturated heterocycles. The third kappa shape index (κ3) is 3.89. The number of halogens is 2. The van der Waals surface area contributed by atoms with Gasteiger partial charge in [-0.1, -0.05) is 41.9 Å². The van der Waals surface area contributed by atoms with Crippen molar-refractivity contribution in [2.75, 3.05) is 5.32 Å². The molecule has 1 amide bonds. The maximum absolute atomic E-state index is 12.3. The molecule has 0 aliphatic rings. The smallest absolute Gasteiger partial charge is 0.257 e. The van der Waals surface area contributed by atoms with E-state index in [1.54, 1.807) is 24.4 Å². The molecule has 5 heteroatoms. The van der Waals surface area contributed by atoms with Gasteiger partial charge in [-0.05, 0) is 58.5 Å². The van der Waals surface area contributed by atoms with E-state index in [0.717, 1.165) is 14.7 Å². The third-order valence-electron chi connectivity index (χ3n) is 3.29. The molecule has 0 aliphatic carbocycles. The first-order chi connectivity index (χ1) is 11.1. The number of carbonyl (C=O) groups excluding carboxylic acids is 1. The zero-order valence-corrected chi connectivity index (χ0v) is 14.9. The Bertz CT molecular complexity index is 835. The standard InChI is InChI=1S/C18H12ClIN2O/c19-14-7-8-16(20)15(10-14)18(23)22-17-9-6-13(11-21-17)12-4-2-1-3-5-12/h1-11H,(H,21,22,23). The SMILES string of the molecule is O=C(Nc1ccc(-c2ccccc2)cn1)c1cc(Cl)ccc1I. The molecule has 3 nitrogen and oxygen atoms in total. The summed E-state index contributed by atoms with van der Waals surface area (Å²) in [5, 5.41) is 3.32. The molecule has 23 heavy (non-hydrogen) atoms. The highest BCUT2D eigenvalue weighted by atomic mass is 127. The van der Waals surface area contributed by atoms with Crippen molar-refractivity contribution in [2.24, 2.45) is 0 Å². The van der Waals surface area contributed by atoms with Gasteiger partial charge in [0.1, 0.15) is 5.82 Å². The van der Waals surface area contributed by atoms with Crippen molar-refractivity contribution < 1.29 is 4.79 Å². The van der Waals surface area contributed by atoms with Crippen molar-refractivity contribution in [3.63, 3.8) is 0 Å². The van der Waals surface area contributed by atoms with Crippen LogP contribution < -0.4 is 5.32 Å². The third-order valence-corrected chi connectivity index (χ3v) is 4.46.